The number of aliphatic hydroxyl groups excluding tert-OH is 1. The Balaban J connectivity index is 1.87. The molecule has 2 aliphatic carbocycles. The molecule has 0 amide bonds. The number of hydrogen-bond acceptors (Lipinski definition) is 5. The molecule has 2 bridgehead atoms. The van der Waals surface area contributed by atoms with Crippen LogP contribution in [0.3, 0.4) is 0 Å². The third kappa shape index (κ3) is 1.32. The van der Waals surface area contributed by atoms with E-state index in [1.54, 1.807) is 13.2 Å². The van der Waals surface area contributed by atoms with E-state index in [-0.39, 0.29) is 6.04 Å². The maximum absolute atomic E-state index is 11.7. The van der Waals surface area contributed by atoms with Gasteiger partial charge in [0, 0.05) is 11.6 Å². The SMILES string of the molecule is COc1ccc2c3c1O[C@@H]1[C@H](O)C=C[C@@]4(O)[C@@H](C2)N(C)CC[C@]314. The number of likely N-dealkylation sites (N-methyl/N-ethyl adjacent to an activating group) is 1. The van der Waals surface area contributed by atoms with E-state index >= 15 is 0 Å². The van der Waals surface area contributed by atoms with Gasteiger partial charge in [-0.2, -0.15) is 0 Å². The normalized spacial score (nSPS) is 43.0. The van der Waals surface area contributed by atoms with Gasteiger partial charge in [-0.15, -0.1) is 0 Å². The van der Waals surface area contributed by atoms with Crippen molar-refractivity contribution in [3.05, 3.63) is 35.4 Å². The molecule has 1 spiro atoms. The second-order valence-electron chi connectivity index (χ2n) is 7.27. The number of benzene rings is 1. The van der Waals surface area contributed by atoms with Crippen molar-refractivity contribution in [3.63, 3.8) is 0 Å². The minimum atomic E-state index is -1.02. The molecule has 0 radical (unpaired) electrons. The molecule has 1 aromatic rings. The van der Waals surface area contributed by atoms with Crippen LogP contribution in [0.25, 0.3) is 0 Å². The van der Waals surface area contributed by atoms with E-state index in [0.29, 0.717) is 11.5 Å². The Kier molecular flexibility index (Phi) is 2.46. The molecule has 1 aromatic carbocycles. The summed E-state index contributed by atoms with van der Waals surface area (Å²) in [6.07, 6.45) is 3.86. The Morgan fingerprint density at radius 1 is 1.39 bits per heavy atom. The van der Waals surface area contributed by atoms with Crippen molar-refractivity contribution < 1.29 is 19.7 Å². The molecule has 0 unspecified atom stereocenters. The van der Waals surface area contributed by atoms with Gasteiger partial charge in [0.1, 0.15) is 17.8 Å². The highest BCUT2D eigenvalue weighted by Gasteiger charge is 2.71. The number of likely N-dealkylation sites (tertiary alicyclic amines) is 1. The van der Waals surface area contributed by atoms with Crippen LogP contribution in [0.15, 0.2) is 24.3 Å². The van der Waals surface area contributed by atoms with E-state index in [1.807, 2.05) is 12.1 Å². The number of hydrogen-bond donors (Lipinski definition) is 2. The molecule has 0 aromatic heterocycles. The second kappa shape index (κ2) is 4.09. The monoisotopic (exact) mass is 315 g/mol. The first kappa shape index (κ1) is 13.8. The molecule has 4 aliphatic rings. The maximum atomic E-state index is 11.7. The van der Waals surface area contributed by atoms with Gasteiger partial charge >= 0.3 is 0 Å². The van der Waals surface area contributed by atoms with Gasteiger partial charge in [-0.25, -0.2) is 0 Å². The fraction of sp³-hybridized carbons (Fsp3) is 0.556. The largest absolute Gasteiger partial charge is 0.493 e. The summed E-state index contributed by atoms with van der Waals surface area (Å²) in [7, 11) is 3.69. The summed E-state index contributed by atoms with van der Waals surface area (Å²) in [6, 6.07) is 4.02. The third-order valence-corrected chi connectivity index (χ3v) is 6.49. The topological polar surface area (TPSA) is 62.2 Å². The predicted molar refractivity (Wildman–Crippen MR) is 83.9 cm³/mol. The lowest BCUT2D eigenvalue weighted by Gasteiger charge is -2.61. The van der Waals surface area contributed by atoms with Crippen LogP contribution in [0.5, 0.6) is 11.5 Å². The summed E-state index contributed by atoms with van der Waals surface area (Å²) >= 11 is 0. The first-order valence-electron chi connectivity index (χ1n) is 8.20. The van der Waals surface area contributed by atoms with Gasteiger partial charge in [-0.3, -0.25) is 4.90 Å². The first-order chi connectivity index (χ1) is 11.0. The summed E-state index contributed by atoms with van der Waals surface area (Å²) in [5, 5.41) is 22.3. The molecule has 2 N–H and O–H groups in total. The molecule has 5 atom stereocenters. The molecule has 5 rings (SSSR count). The van der Waals surface area contributed by atoms with Gasteiger partial charge in [-0.05, 0) is 38.1 Å². The number of methoxy groups -OCH3 is 1. The van der Waals surface area contributed by atoms with Gasteiger partial charge in [-0.1, -0.05) is 18.2 Å². The Bertz CT molecular complexity index is 732. The number of nitrogens with zero attached hydrogens (tertiary/aromatic N) is 1. The van der Waals surface area contributed by atoms with Gasteiger partial charge in [0.2, 0.25) is 0 Å². The second-order valence-corrected chi connectivity index (χ2v) is 7.27. The summed E-state index contributed by atoms with van der Waals surface area (Å²) in [5.74, 6) is 1.39. The van der Waals surface area contributed by atoms with Crippen molar-refractivity contribution in [1.29, 1.82) is 0 Å². The van der Waals surface area contributed by atoms with E-state index in [9.17, 15) is 10.2 Å². The van der Waals surface area contributed by atoms with E-state index in [0.717, 1.165) is 24.9 Å². The highest BCUT2D eigenvalue weighted by Crippen LogP contribution is 2.63. The molecule has 0 saturated carbocycles. The van der Waals surface area contributed by atoms with Crippen LogP contribution >= 0.6 is 0 Å². The Labute approximate surface area is 135 Å². The molecule has 5 nitrogen and oxygen atoms in total. The number of rotatable bonds is 1. The van der Waals surface area contributed by atoms with E-state index < -0.39 is 23.2 Å². The average molecular weight is 315 g/mol. The van der Waals surface area contributed by atoms with Crippen LogP contribution in [0.2, 0.25) is 0 Å². The van der Waals surface area contributed by atoms with Crippen LogP contribution in [0.1, 0.15) is 17.5 Å². The molecule has 1 fully saturated rings. The first-order valence-corrected chi connectivity index (χ1v) is 8.20. The van der Waals surface area contributed by atoms with Crippen LogP contribution in [0.4, 0.5) is 0 Å². The zero-order valence-electron chi connectivity index (χ0n) is 13.3. The predicted octanol–water partition coefficient (Wildman–Crippen LogP) is 0.616. The van der Waals surface area contributed by atoms with E-state index in [2.05, 4.69) is 18.0 Å². The van der Waals surface area contributed by atoms with Gasteiger partial charge in [0.05, 0.1) is 12.5 Å². The third-order valence-electron chi connectivity index (χ3n) is 6.49. The molecule has 5 heteroatoms. The Hall–Kier alpha value is -1.56. The quantitative estimate of drug-likeness (QED) is 0.744. The number of ether oxygens (including phenoxy) is 2. The van der Waals surface area contributed by atoms with Gasteiger partial charge < -0.3 is 19.7 Å². The fourth-order valence-corrected chi connectivity index (χ4v) is 5.44. The Morgan fingerprint density at radius 2 is 2.22 bits per heavy atom. The fourth-order valence-electron chi connectivity index (χ4n) is 5.44. The van der Waals surface area contributed by atoms with Crippen LogP contribution in [-0.4, -0.2) is 59.7 Å². The van der Waals surface area contributed by atoms with Crippen LogP contribution in [-0.2, 0) is 11.8 Å². The molecule has 1 saturated heterocycles. The zero-order valence-corrected chi connectivity index (χ0v) is 13.3. The average Bonchev–Trinajstić information content (AvgIpc) is 2.90. The zero-order chi connectivity index (χ0) is 16.0. The van der Waals surface area contributed by atoms with Gasteiger partial charge in [0.25, 0.3) is 0 Å². The van der Waals surface area contributed by atoms with Crippen molar-refractivity contribution in [1.82, 2.24) is 4.90 Å². The van der Waals surface area contributed by atoms with E-state index in [4.69, 9.17) is 9.47 Å². The standard InChI is InChI=1S/C18H21NO4/c1-19-8-7-17-14-10-3-4-12(22-2)15(14)23-16(17)11(20)5-6-18(17,21)13(19)9-10/h3-6,11,13,16,20-21H,7-9H2,1-2H3/t11-,13-,16-,17+,18-/m1/s1. The molecule has 2 heterocycles. The smallest absolute Gasteiger partial charge is 0.166 e. The molecular weight excluding hydrogens is 294 g/mol. The lowest BCUT2D eigenvalue weighted by molar-refractivity contribution is -0.151. The van der Waals surface area contributed by atoms with Crippen molar-refractivity contribution in [2.24, 2.45) is 0 Å². The number of aliphatic hydroxyl groups is 2. The minimum absolute atomic E-state index is 0.00190. The molecular formula is C18H21NO4. The lowest BCUT2D eigenvalue weighted by Crippen LogP contribution is -2.75. The highest BCUT2D eigenvalue weighted by molar-refractivity contribution is 5.64. The van der Waals surface area contributed by atoms with Crippen LogP contribution < -0.4 is 9.47 Å². The lowest BCUT2D eigenvalue weighted by atomic mass is 9.50. The Morgan fingerprint density at radius 3 is 3.00 bits per heavy atom. The maximum Gasteiger partial charge on any atom is 0.166 e. The van der Waals surface area contributed by atoms with Crippen molar-refractivity contribution in [2.75, 3.05) is 20.7 Å². The molecule has 23 heavy (non-hydrogen) atoms. The van der Waals surface area contributed by atoms with Gasteiger partial charge in [0.15, 0.2) is 11.5 Å². The highest BCUT2D eigenvalue weighted by atomic mass is 16.5. The molecule has 2 aliphatic heterocycles. The summed E-state index contributed by atoms with van der Waals surface area (Å²) < 4.78 is 11.7. The van der Waals surface area contributed by atoms with E-state index in [1.165, 1.54) is 5.56 Å². The van der Waals surface area contributed by atoms with Crippen molar-refractivity contribution in [2.45, 2.75) is 42.1 Å². The van der Waals surface area contributed by atoms with Crippen LogP contribution in [0, 0.1) is 0 Å². The minimum Gasteiger partial charge on any atom is -0.493 e. The summed E-state index contributed by atoms with van der Waals surface area (Å²) in [4.78, 5) is 2.23. The van der Waals surface area contributed by atoms with Crippen molar-refractivity contribution in [3.8, 4) is 11.5 Å². The summed E-state index contributed by atoms with van der Waals surface area (Å²) in [6.45, 7) is 0.878. The molecule has 122 valence electrons. The number of piperidine rings is 1. The van der Waals surface area contributed by atoms with Crippen molar-refractivity contribution >= 4 is 0 Å². The summed E-state index contributed by atoms with van der Waals surface area (Å²) in [5.41, 5.74) is 0.647.